The van der Waals surface area contributed by atoms with E-state index in [2.05, 4.69) is 25.1 Å². The molecular formula is C35H36ClN3O4. The van der Waals surface area contributed by atoms with Gasteiger partial charge in [0.25, 0.3) is 0 Å². The highest BCUT2D eigenvalue weighted by Crippen LogP contribution is 2.51. The zero-order chi connectivity index (χ0) is 29.7. The van der Waals surface area contributed by atoms with Crippen molar-refractivity contribution in [3.05, 3.63) is 82.3 Å². The minimum atomic E-state index is -0.915. The zero-order valence-electron chi connectivity index (χ0n) is 24.7. The lowest BCUT2D eigenvalue weighted by molar-refractivity contribution is 0.0670. The van der Waals surface area contributed by atoms with Gasteiger partial charge in [0.1, 0.15) is 11.4 Å². The average molecular weight is 598 g/mol. The summed E-state index contributed by atoms with van der Waals surface area (Å²) in [6, 6.07) is 18.2. The van der Waals surface area contributed by atoms with E-state index in [0.29, 0.717) is 49.9 Å². The second kappa shape index (κ2) is 11.0. The first-order valence-corrected chi connectivity index (χ1v) is 15.6. The molecule has 1 aliphatic carbocycles. The molecule has 43 heavy (non-hydrogen) atoms. The molecule has 3 heterocycles. The molecule has 8 heteroatoms. The second-order valence-electron chi connectivity index (χ2n) is 12.0. The molecule has 0 unspecified atom stereocenters. The highest BCUT2D eigenvalue weighted by Gasteiger charge is 2.43. The van der Waals surface area contributed by atoms with Gasteiger partial charge in [-0.25, -0.2) is 4.79 Å². The van der Waals surface area contributed by atoms with E-state index in [-0.39, 0.29) is 5.41 Å². The Labute approximate surface area is 256 Å². The lowest BCUT2D eigenvalue weighted by Gasteiger charge is -2.17. The highest BCUT2D eigenvalue weighted by atomic mass is 35.5. The van der Waals surface area contributed by atoms with Gasteiger partial charge in [-0.1, -0.05) is 61.0 Å². The molecule has 0 saturated heterocycles. The number of carboxylic acids is 1. The maximum atomic E-state index is 13.0. The number of ether oxygens (including phenoxy) is 2. The minimum Gasteiger partial charge on any atom is -0.493 e. The van der Waals surface area contributed by atoms with Crippen molar-refractivity contribution in [3.8, 4) is 16.9 Å². The van der Waals surface area contributed by atoms with Gasteiger partial charge in [-0.05, 0) is 67.0 Å². The van der Waals surface area contributed by atoms with Crippen LogP contribution >= 0.6 is 11.6 Å². The summed E-state index contributed by atoms with van der Waals surface area (Å²) < 4.78 is 16.5. The van der Waals surface area contributed by atoms with Crippen LogP contribution in [-0.2, 0) is 37.8 Å². The maximum Gasteiger partial charge on any atom is 0.352 e. The molecule has 7 nitrogen and oxygen atoms in total. The van der Waals surface area contributed by atoms with Gasteiger partial charge < -0.3 is 19.1 Å². The molecule has 222 valence electrons. The number of hydrogen-bond donors (Lipinski definition) is 1. The normalized spacial score (nSPS) is 15.9. The van der Waals surface area contributed by atoms with Crippen LogP contribution in [0.4, 0.5) is 0 Å². The van der Waals surface area contributed by atoms with E-state index >= 15 is 0 Å². The van der Waals surface area contributed by atoms with Gasteiger partial charge in [0.15, 0.2) is 0 Å². The van der Waals surface area contributed by atoms with Crippen LogP contribution in [0.15, 0.2) is 54.6 Å². The third kappa shape index (κ3) is 4.88. The van der Waals surface area contributed by atoms with Gasteiger partial charge in [0.2, 0.25) is 0 Å². The van der Waals surface area contributed by atoms with E-state index in [9.17, 15) is 9.90 Å². The molecule has 1 saturated carbocycles. The quantitative estimate of drug-likeness (QED) is 0.194. The van der Waals surface area contributed by atoms with Gasteiger partial charge in [-0.3, -0.25) is 4.68 Å². The molecule has 2 aliphatic rings. The van der Waals surface area contributed by atoms with Crippen molar-refractivity contribution in [2.24, 2.45) is 12.5 Å². The van der Waals surface area contributed by atoms with Crippen molar-refractivity contribution in [1.82, 2.24) is 14.3 Å². The summed E-state index contributed by atoms with van der Waals surface area (Å²) in [5.41, 5.74) is 5.89. The predicted molar refractivity (Wildman–Crippen MR) is 169 cm³/mol. The van der Waals surface area contributed by atoms with Crippen LogP contribution in [0.5, 0.6) is 5.75 Å². The van der Waals surface area contributed by atoms with Crippen LogP contribution < -0.4 is 4.74 Å². The lowest BCUT2D eigenvalue weighted by atomic mass is 9.97. The first-order chi connectivity index (χ1) is 20.9. The van der Waals surface area contributed by atoms with Crippen LogP contribution in [0.25, 0.3) is 32.8 Å². The fraction of sp³-hybridized carbons (Fsp3) is 0.371. The Morgan fingerprint density at radius 3 is 2.67 bits per heavy atom. The van der Waals surface area contributed by atoms with E-state index in [1.54, 1.807) is 0 Å². The Bertz CT molecular complexity index is 1860. The Morgan fingerprint density at radius 1 is 1.07 bits per heavy atom. The Hall–Kier alpha value is -3.81. The van der Waals surface area contributed by atoms with Crippen molar-refractivity contribution in [1.29, 1.82) is 0 Å². The number of halogens is 1. The summed E-state index contributed by atoms with van der Waals surface area (Å²) in [7, 11) is 1.96. The summed E-state index contributed by atoms with van der Waals surface area (Å²) >= 11 is 7.03. The predicted octanol–water partition coefficient (Wildman–Crippen LogP) is 7.82. The van der Waals surface area contributed by atoms with E-state index in [1.807, 2.05) is 52.7 Å². The first kappa shape index (κ1) is 28.0. The number of aromatic carboxylic acids is 1. The number of carboxylic acid groups (broad SMARTS) is 1. The molecule has 0 amide bonds. The summed E-state index contributed by atoms with van der Waals surface area (Å²) in [5.74, 6) is -0.0722. The molecule has 3 aromatic carbocycles. The molecule has 1 spiro atoms. The number of aryl methyl sites for hydroxylation is 3. The summed E-state index contributed by atoms with van der Waals surface area (Å²) in [5, 5.41) is 19.3. The van der Waals surface area contributed by atoms with Crippen LogP contribution in [0.1, 0.15) is 60.0 Å². The molecular weight excluding hydrogens is 562 g/mol. The second-order valence-corrected chi connectivity index (χ2v) is 12.4. The SMILES string of the molecule is CCc1c2c(nn1C)COCC1(CCn3c(C(=O)O)c(CCCOc4cccc5ccccc45)c4ccc(Cl)c-2c43)CC1. The van der Waals surface area contributed by atoms with Crippen LogP contribution in [0.3, 0.4) is 0 Å². The topological polar surface area (TPSA) is 78.5 Å². The number of rotatable bonds is 7. The lowest BCUT2D eigenvalue weighted by Crippen LogP contribution is -2.17. The Morgan fingerprint density at radius 2 is 1.88 bits per heavy atom. The van der Waals surface area contributed by atoms with Gasteiger partial charge in [0, 0.05) is 41.2 Å². The molecule has 0 radical (unpaired) electrons. The molecule has 0 atom stereocenters. The fourth-order valence-corrected chi connectivity index (χ4v) is 7.22. The van der Waals surface area contributed by atoms with Crippen LogP contribution in [-0.4, -0.2) is 38.6 Å². The summed E-state index contributed by atoms with van der Waals surface area (Å²) in [6.45, 7) is 4.24. The van der Waals surface area contributed by atoms with E-state index in [4.69, 9.17) is 26.2 Å². The van der Waals surface area contributed by atoms with E-state index in [0.717, 1.165) is 81.2 Å². The summed E-state index contributed by atoms with van der Waals surface area (Å²) in [6.07, 6.45) is 5.06. The molecule has 1 N–H and O–H groups in total. The van der Waals surface area contributed by atoms with E-state index < -0.39 is 5.97 Å². The average Bonchev–Trinajstić information content (AvgIpc) is 3.60. The number of benzene rings is 3. The summed E-state index contributed by atoms with van der Waals surface area (Å²) in [4.78, 5) is 13.0. The highest BCUT2D eigenvalue weighted by molar-refractivity contribution is 6.35. The van der Waals surface area contributed by atoms with Crippen molar-refractivity contribution in [2.75, 3.05) is 13.2 Å². The number of nitrogens with zero attached hydrogens (tertiary/aromatic N) is 3. The fourth-order valence-electron chi connectivity index (χ4n) is 6.98. The number of fused-ring (bicyclic) bond motifs is 3. The molecule has 0 bridgehead atoms. The third-order valence-electron chi connectivity index (χ3n) is 9.35. The monoisotopic (exact) mass is 597 g/mol. The number of carbonyl (C=O) groups is 1. The Balaban J connectivity index is 1.33. The molecule has 7 rings (SSSR count). The van der Waals surface area contributed by atoms with Crippen molar-refractivity contribution < 1.29 is 19.4 Å². The van der Waals surface area contributed by atoms with Gasteiger partial charge in [-0.15, -0.1) is 0 Å². The smallest absolute Gasteiger partial charge is 0.352 e. The molecule has 2 aromatic heterocycles. The van der Waals surface area contributed by atoms with Crippen molar-refractivity contribution in [2.45, 2.75) is 58.6 Å². The van der Waals surface area contributed by atoms with Crippen molar-refractivity contribution >= 4 is 39.2 Å². The van der Waals surface area contributed by atoms with Gasteiger partial charge in [-0.2, -0.15) is 5.10 Å². The molecule has 1 fully saturated rings. The van der Waals surface area contributed by atoms with Gasteiger partial charge in [0.05, 0.1) is 36.1 Å². The van der Waals surface area contributed by atoms with Crippen LogP contribution in [0, 0.1) is 5.41 Å². The third-order valence-corrected chi connectivity index (χ3v) is 9.67. The van der Waals surface area contributed by atoms with Crippen LogP contribution in [0.2, 0.25) is 5.02 Å². The molecule has 1 aliphatic heterocycles. The van der Waals surface area contributed by atoms with E-state index in [1.165, 1.54) is 0 Å². The largest absolute Gasteiger partial charge is 0.493 e. The first-order valence-electron chi connectivity index (χ1n) is 15.2. The maximum absolute atomic E-state index is 13.0. The minimum absolute atomic E-state index is 0.0877. The van der Waals surface area contributed by atoms with Crippen molar-refractivity contribution in [3.63, 3.8) is 0 Å². The van der Waals surface area contributed by atoms with Gasteiger partial charge >= 0.3 is 5.97 Å². The molecule has 5 aromatic rings. The zero-order valence-corrected chi connectivity index (χ0v) is 25.4. The number of hydrogen-bond acceptors (Lipinski definition) is 4. The Kier molecular flexibility index (Phi) is 7.18. The standard InChI is InChI=1S/C35H36ClN3O4/c1-3-28-31-27(37-38(28)2)20-42-21-35(15-16-35)17-18-39-32-25(13-14-26(36)30(31)32)24(33(39)34(40)41)11-7-19-43-29-12-6-9-22-8-4-5-10-23(22)29/h4-6,8-10,12-14H,3,7,11,15-21H2,1-2H3,(H,40,41). The number of aromatic nitrogens is 3.